The summed E-state index contributed by atoms with van der Waals surface area (Å²) in [6.45, 7) is 0.951. The molecule has 0 radical (unpaired) electrons. The summed E-state index contributed by atoms with van der Waals surface area (Å²) < 4.78 is 15.6. The van der Waals surface area contributed by atoms with Gasteiger partial charge < -0.3 is 19.5 Å². The van der Waals surface area contributed by atoms with E-state index in [0.717, 1.165) is 0 Å². The molecular weight excluding hydrogens is 362 g/mol. The van der Waals surface area contributed by atoms with E-state index in [9.17, 15) is 14.4 Å². The fourth-order valence-corrected chi connectivity index (χ4v) is 2.86. The van der Waals surface area contributed by atoms with Crippen LogP contribution in [0.1, 0.15) is 40.0 Å². The molecule has 0 bridgehead atoms. The Balaban J connectivity index is 1.52. The van der Waals surface area contributed by atoms with Crippen LogP contribution < -0.4 is 14.8 Å². The summed E-state index contributed by atoms with van der Waals surface area (Å²) in [4.78, 5) is 36.3. The highest BCUT2D eigenvalue weighted by Gasteiger charge is 2.16. The minimum Gasteiger partial charge on any atom is -0.486 e. The lowest BCUT2D eigenvalue weighted by Crippen LogP contribution is -2.16. The Bertz CT molecular complexity index is 892. The minimum absolute atomic E-state index is 0.0697. The zero-order valence-corrected chi connectivity index (χ0v) is 15.5. The number of hydrogen-bond acceptors (Lipinski definition) is 6. The number of methoxy groups -OCH3 is 1. The molecule has 2 aromatic carbocycles. The average Bonchev–Trinajstić information content (AvgIpc) is 2.73. The van der Waals surface area contributed by atoms with Gasteiger partial charge in [0.15, 0.2) is 17.3 Å². The standard InChI is InChI=1S/C21H21NO6/c1-26-21(25)15-5-2-3-6-16(15)22-20(24)8-4-7-17(23)14-9-10-18-19(13-14)28-12-11-27-18/h2-3,5-6,9-10,13H,4,7-8,11-12H2,1H3,(H,22,24). The third kappa shape index (κ3) is 4.68. The number of ketones is 1. The Labute approximate surface area is 162 Å². The summed E-state index contributed by atoms with van der Waals surface area (Å²) in [6.07, 6.45) is 0.775. The van der Waals surface area contributed by atoms with E-state index in [1.165, 1.54) is 7.11 Å². The van der Waals surface area contributed by atoms with Crippen molar-refractivity contribution in [3.8, 4) is 11.5 Å². The molecule has 7 heteroatoms. The maximum Gasteiger partial charge on any atom is 0.339 e. The molecule has 0 saturated carbocycles. The van der Waals surface area contributed by atoms with Gasteiger partial charge in [-0.15, -0.1) is 0 Å². The number of carbonyl (C=O) groups is 3. The molecule has 1 N–H and O–H groups in total. The van der Waals surface area contributed by atoms with Gasteiger partial charge in [0.05, 0.1) is 18.4 Å². The first-order valence-electron chi connectivity index (χ1n) is 8.98. The van der Waals surface area contributed by atoms with Crippen LogP contribution in [-0.2, 0) is 9.53 Å². The third-order valence-electron chi connectivity index (χ3n) is 4.28. The highest BCUT2D eigenvalue weighted by Crippen LogP contribution is 2.31. The molecule has 0 aromatic heterocycles. The largest absolute Gasteiger partial charge is 0.486 e. The molecular formula is C21H21NO6. The number of amides is 1. The van der Waals surface area contributed by atoms with E-state index in [4.69, 9.17) is 14.2 Å². The van der Waals surface area contributed by atoms with Crippen molar-refractivity contribution in [2.45, 2.75) is 19.3 Å². The Kier molecular flexibility index (Phi) is 6.26. The maximum atomic E-state index is 12.4. The normalized spacial score (nSPS) is 12.2. The van der Waals surface area contributed by atoms with Gasteiger partial charge in [0.2, 0.25) is 5.91 Å². The van der Waals surface area contributed by atoms with Crippen LogP contribution in [0.4, 0.5) is 5.69 Å². The van der Waals surface area contributed by atoms with Crippen LogP contribution >= 0.6 is 0 Å². The summed E-state index contributed by atoms with van der Waals surface area (Å²) in [5.74, 6) is 0.330. The lowest BCUT2D eigenvalue weighted by molar-refractivity contribution is -0.116. The average molecular weight is 383 g/mol. The molecule has 3 rings (SSSR count). The van der Waals surface area contributed by atoms with E-state index < -0.39 is 5.97 Å². The molecule has 0 aliphatic carbocycles. The number of para-hydroxylation sites is 1. The fourth-order valence-electron chi connectivity index (χ4n) is 2.86. The van der Waals surface area contributed by atoms with Crippen LogP contribution in [0.15, 0.2) is 42.5 Å². The van der Waals surface area contributed by atoms with Crippen molar-refractivity contribution in [3.05, 3.63) is 53.6 Å². The molecule has 0 fully saturated rings. The fraction of sp³-hybridized carbons (Fsp3) is 0.286. The van der Waals surface area contributed by atoms with Gasteiger partial charge in [-0.1, -0.05) is 12.1 Å². The lowest BCUT2D eigenvalue weighted by atomic mass is 10.0. The second kappa shape index (κ2) is 9.03. The number of benzene rings is 2. The minimum atomic E-state index is -0.523. The van der Waals surface area contributed by atoms with Crippen molar-refractivity contribution in [2.75, 3.05) is 25.6 Å². The van der Waals surface area contributed by atoms with Crippen molar-refractivity contribution in [1.29, 1.82) is 0 Å². The first-order valence-corrected chi connectivity index (χ1v) is 8.98. The Morgan fingerprint density at radius 3 is 2.54 bits per heavy atom. The Morgan fingerprint density at radius 2 is 1.75 bits per heavy atom. The molecule has 7 nitrogen and oxygen atoms in total. The van der Waals surface area contributed by atoms with Crippen molar-refractivity contribution >= 4 is 23.3 Å². The van der Waals surface area contributed by atoms with Gasteiger partial charge in [-0.05, 0) is 36.8 Å². The number of carbonyl (C=O) groups excluding carboxylic acids is 3. The summed E-state index contributed by atoms with van der Waals surface area (Å²) in [5.41, 5.74) is 1.20. The van der Waals surface area contributed by atoms with Crippen LogP contribution in [-0.4, -0.2) is 38.0 Å². The number of hydrogen-bond donors (Lipinski definition) is 1. The SMILES string of the molecule is COC(=O)c1ccccc1NC(=O)CCCC(=O)c1ccc2c(c1)OCCO2. The number of fused-ring (bicyclic) bond motifs is 1. The van der Waals surface area contributed by atoms with Gasteiger partial charge in [-0.2, -0.15) is 0 Å². The van der Waals surface area contributed by atoms with Crippen LogP contribution in [0.25, 0.3) is 0 Å². The van der Waals surface area contributed by atoms with Crippen LogP contribution in [0.5, 0.6) is 11.5 Å². The molecule has 28 heavy (non-hydrogen) atoms. The van der Waals surface area contributed by atoms with E-state index in [2.05, 4.69) is 5.32 Å². The molecule has 1 aliphatic heterocycles. The number of esters is 1. The monoisotopic (exact) mass is 383 g/mol. The number of Topliss-reactive ketones (excluding diaryl/α,β-unsaturated/α-hetero) is 1. The Morgan fingerprint density at radius 1 is 1.00 bits per heavy atom. The number of rotatable bonds is 7. The number of nitrogens with one attached hydrogen (secondary N) is 1. The highest BCUT2D eigenvalue weighted by atomic mass is 16.6. The van der Waals surface area contributed by atoms with Crippen LogP contribution in [0.2, 0.25) is 0 Å². The van der Waals surface area contributed by atoms with Gasteiger partial charge in [0.25, 0.3) is 0 Å². The van der Waals surface area contributed by atoms with Crippen LogP contribution in [0.3, 0.4) is 0 Å². The third-order valence-corrected chi connectivity index (χ3v) is 4.28. The Hall–Kier alpha value is -3.35. The van der Waals surface area contributed by atoms with E-state index in [0.29, 0.717) is 42.4 Å². The summed E-state index contributed by atoms with van der Waals surface area (Å²) in [7, 11) is 1.28. The zero-order chi connectivity index (χ0) is 19.9. The van der Waals surface area contributed by atoms with Gasteiger partial charge >= 0.3 is 5.97 Å². The van der Waals surface area contributed by atoms with Crippen molar-refractivity contribution < 1.29 is 28.6 Å². The molecule has 146 valence electrons. The molecule has 2 aromatic rings. The molecule has 0 saturated heterocycles. The van der Waals surface area contributed by atoms with Crippen molar-refractivity contribution in [2.24, 2.45) is 0 Å². The molecule has 1 heterocycles. The van der Waals surface area contributed by atoms with E-state index in [1.54, 1.807) is 42.5 Å². The van der Waals surface area contributed by atoms with Crippen molar-refractivity contribution in [3.63, 3.8) is 0 Å². The van der Waals surface area contributed by atoms with E-state index >= 15 is 0 Å². The molecule has 1 aliphatic rings. The zero-order valence-electron chi connectivity index (χ0n) is 15.5. The quantitative estimate of drug-likeness (QED) is 0.583. The predicted molar refractivity (Wildman–Crippen MR) is 102 cm³/mol. The second-order valence-electron chi connectivity index (χ2n) is 6.22. The second-order valence-corrected chi connectivity index (χ2v) is 6.22. The van der Waals surface area contributed by atoms with E-state index in [1.807, 2.05) is 0 Å². The molecule has 1 amide bonds. The van der Waals surface area contributed by atoms with Gasteiger partial charge in [-0.3, -0.25) is 9.59 Å². The summed E-state index contributed by atoms with van der Waals surface area (Å²) in [6, 6.07) is 11.7. The maximum absolute atomic E-state index is 12.4. The topological polar surface area (TPSA) is 90.9 Å². The number of anilines is 1. The van der Waals surface area contributed by atoms with Gasteiger partial charge in [0, 0.05) is 18.4 Å². The summed E-state index contributed by atoms with van der Waals surface area (Å²) in [5, 5.41) is 2.69. The molecule has 0 atom stereocenters. The van der Waals surface area contributed by atoms with Gasteiger partial charge in [0.1, 0.15) is 13.2 Å². The first-order chi connectivity index (χ1) is 13.6. The predicted octanol–water partition coefficient (Wildman–Crippen LogP) is 3.24. The molecule has 0 spiro atoms. The lowest BCUT2D eigenvalue weighted by Gasteiger charge is -2.18. The first kappa shape index (κ1) is 19.4. The van der Waals surface area contributed by atoms with Gasteiger partial charge in [-0.25, -0.2) is 4.79 Å². The summed E-state index contributed by atoms with van der Waals surface area (Å²) >= 11 is 0. The smallest absolute Gasteiger partial charge is 0.339 e. The molecule has 0 unspecified atom stereocenters. The van der Waals surface area contributed by atoms with Crippen LogP contribution in [0, 0.1) is 0 Å². The number of ether oxygens (including phenoxy) is 3. The highest BCUT2D eigenvalue weighted by molar-refractivity contribution is 6.01. The van der Waals surface area contributed by atoms with Crippen molar-refractivity contribution in [1.82, 2.24) is 0 Å². The van der Waals surface area contributed by atoms with E-state index in [-0.39, 0.29) is 30.1 Å².